The summed E-state index contributed by atoms with van der Waals surface area (Å²) in [6.07, 6.45) is 6.48. The zero-order chi connectivity index (χ0) is 24.4. The lowest BCUT2D eigenvalue weighted by atomic mass is 9.88. The fourth-order valence-corrected chi connectivity index (χ4v) is 5.54. The molecule has 3 aromatic rings. The van der Waals surface area contributed by atoms with E-state index in [1.165, 1.54) is 48.3 Å². The van der Waals surface area contributed by atoms with Crippen molar-refractivity contribution in [1.82, 2.24) is 24.7 Å². The van der Waals surface area contributed by atoms with Crippen LogP contribution in [-0.4, -0.2) is 77.3 Å². The van der Waals surface area contributed by atoms with Crippen molar-refractivity contribution < 1.29 is 4.79 Å². The summed E-state index contributed by atoms with van der Waals surface area (Å²) in [6.45, 7) is 12.7. The van der Waals surface area contributed by atoms with E-state index in [-0.39, 0.29) is 6.03 Å². The number of anilines is 1. The molecule has 7 heteroatoms. The van der Waals surface area contributed by atoms with Crippen LogP contribution in [-0.2, 0) is 0 Å². The van der Waals surface area contributed by atoms with Gasteiger partial charge in [-0.1, -0.05) is 24.3 Å². The Kier molecular flexibility index (Phi) is 6.95. The number of piperidine rings is 1. The molecule has 35 heavy (non-hydrogen) atoms. The number of rotatable bonds is 5. The summed E-state index contributed by atoms with van der Waals surface area (Å²) < 4.78 is 1.98. The van der Waals surface area contributed by atoms with E-state index >= 15 is 0 Å². The number of carbonyl (C=O) groups excluding carboxylic acids is 1. The predicted molar refractivity (Wildman–Crippen MR) is 142 cm³/mol. The summed E-state index contributed by atoms with van der Waals surface area (Å²) in [5, 5.41) is 7.48. The van der Waals surface area contributed by atoms with Crippen LogP contribution in [0.4, 0.5) is 10.5 Å². The Balaban J connectivity index is 1.29. The van der Waals surface area contributed by atoms with Gasteiger partial charge in [-0.15, -0.1) is 0 Å². The first kappa shape index (κ1) is 23.7. The average molecular weight is 475 g/mol. The minimum atomic E-state index is 0.0333. The van der Waals surface area contributed by atoms with Gasteiger partial charge in [-0.05, 0) is 75.9 Å². The number of amides is 2. The molecule has 2 amide bonds. The van der Waals surface area contributed by atoms with Gasteiger partial charge in [-0.2, -0.15) is 5.10 Å². The van der Waals surface area contributed by atoms with Crippen LogP contribution in [0.1, 0.15) is 45.1 Å². The lowest BCUT2D eigenvalue weighted by molar-refractivity contribution is 0.172. The van der Waals surface area contributed by atoms with Crippen LogP contribution in [0.5, 0.6) is 0 Å². The van der Waals surface area contributed by atoms with Gasteiger partial charge in [0.05, 0.1) is 11.2 Å². The van der Waals surface area contributed by atoms with Crippen LogP contribution in [0.15, 0.2) is 48.8 Å². The number of nitrogens with zero attached hydrogens (tertiary/aromatic N) is 5. The van der Waals surface area contributed by atoms with Gasteiger partial charge in [0, 0.05) is 56.7 Å². The summed E-state index contributed by atoms with van der Waals surface area (Å²) in [5.41, 5.74) is 6.16. The number of fused-ring (bicyclic) bond motifs is 1. The monoisotopic (exact) mass is 474 g/mol. The molecule has 0 spiro atoms. The molecule has 2 saturated heterocycles. The molecule has 1 aromatic carbocycles. The van der Waals surface area contributed by atoms with Crippen molar-refractivity contribution in [1.29, 1.82) is 0 Å². The quantitative estimate of drug-likeness (QED) is 0.594. The second kappa shape index (κ2) is 10.3. The van der Waals surface area contributed by atoms with E-state index in [1.54, 1.807) is 0 Å². The molecule has 1 N–H and O–H groups in total. The number of benzene rings is 1. The van der Waals surface area contributed by atoms with E-state index in [2.05, 4.69) is 76.7 Å². The highest BCUT2D eigenvalue weighted by Gasteiger charge is 2.24. The molecule has 7 nitrogen and oxygen atoms in total. The molecular formula is C28H38N6O. The van der Waals surface area contributed by atoms with Gasteiger partial charge < -0.3 is 20.0 Å². The van der Waals surface area contributed by atoms with E-state index < -0.39 is 0 Å². The van der Waals surface area contributed by atoms with Crippen molar-refractivity contribution in [2.75, 3.05) is 50.7 Å². The second-order valence-electron chi connectivity index (χ2n) is 10.1. The molecule has 186 valence electrons. The van der Waals surface area contributed by atoms with E-state index in [9.17, 15) is 4.79 Å². The average Bonchev–Trinajstić information content (AvgIpc) is 3.34. The Morgan fingerprint density at radius 1 is 1.00 bits per heavy atom. The molecule has 2 aliphatic rings. The Morgan fingerprint density at radius 3 is 2.37 bits per heavy atom. The van der Waals surface area contributed by atoms with Crippen LogP contribution in [0.25, 0.3) is 16.6 Å². The number of piperazine rings is 1. The van der Waals surface area contributed by atoms with Crippen molar-refractivity contribution >= 4 is 17.2 Å². The lowest BCUT2D eigenvalue weighted by Gasteiger charge is -2.36. The zero-order valence-electron chi connectivity index (χ0n) is 21.3. The fourth-order valence-electron chi connectivity index (χ4n) is 5.54. The maximum Gasteiger partial charge on any atom is 0.317 e. The lowest BCUT2D eigenvalue weighted by Crippen LogP contribution is -2.51. The predicted octanol–water partition coefficient (Wildman–Crippen LogP) is 4.44. The third-order valence-corrected chi connectivity index (χ3v) is 7.70. The molecule has 0 bridgehead atoms. The zero-order valence-corrected chi connectivity index (χ0v) is 21.3. The Bertz CT molecular complexity index is 1140. The first-order valence-corrected chi connectivity index (χ1v) is 13.1. The van der Waals surface area contributed by atoms with Crippen molar-refractivity contribution in [3.05, 3.63) is 54.4 Å². The molecule has 2 aromatic heterocycles. The van der Waals surface area contributed by atoms with Crippen LogP contribution in [0.2, 0.25) is 0 Å². The SMILES string of the molecule is CCNC(=O)N1CCN(c2ccnn3cc(-c4ccc(C5CCN(C(C)C)CC5)cc4)cc23)CC1. The fraction of sp³-hybridized carbons (Fsp3) is 0.500. The van der Waals surface area contributed by atoms with Gasteiger partial charge in [-0.25, -0.2) is 9.31 Å². The Morgan fingerprint density at radius 2 is 1.71 bits per heavy atom. The van der Waals surface area contributed by atoms with Crippen molar-refractivity contribution in [2.45, 2.75) is 45.6 Å². The van der Waals surface area contributed by atoms with Gasteiger partial charge in [0.2, 0.25) is 0 Å². The molecule has 0 atom stereocenters. The van der Waals surface area contributed by atoms with Crippen molar-refractivity contribution in [3.8, 4) is 11.1 Å². The standard InChI is InChI=1S/C28H38N6O/c1-4-29-28(35)33-17-15-32(16-18-33)26-9-12-30-34-20-25(19-27(26)34)23-7-5-22(6-8-23)24-10-13-31(14-11-24)21(2)3/h5-9,12,19-21,24H,4,10-11,13-18H2,1-3H3,(H,29,35). The first-order valence-electron chi connectivity index (χ1n) is 13.1. The number of hydrogen-bond donors (Lipinski definition) is 1. The number of carbonyl (C=O) groups is 1. The Labute approximate surface area is 208 Å². The minimum absolute atomic E-state index is 0.0333. The van der Waals surface area contributed by atoms with E-state index in [1.807, 2.05) is 22.5 Å². The van der Waals surface area contributed by atoms with Crippen LogP contribution in [0, 0.1) is 0 Å². The number of aromatic nitrogens is 2. The molecule has 4 heterocycles. The van der Waals surface area contributed by atoms with Gasteiger partial charge in [0.25, 0.3) is 0 Å². The summed E-state index contributed by atoms with van der Waals surface area (Å²) >= 11 is 0. The molecule has 0 unspecified atom stereocenters. The van der Waals surface area contributed by atoms with Crippen molar-refractivity contribution in [2.24, 2.45) is 0 Å². The highest BCUT2D eigenvalue weighted by Crippen LogP contribution is 2.32. The van der Waals surface area contributed by atoms with Gasteiger partial charge in [-0.3, -0.25) is 0 Å². The van der Waals surface area contributed by atoms with Crippen LogP contribution >= 0.6 is 0 Å². The molecule has 2 fully saturated rings. The highest BCUT2D eigenvalue weighted by atomic mass is 16.2. The summed E-state index contributed by atoms with van der Waals surface area (Å²) in [6, 6.07) is 14.2. The second-order valence-corrected chi connectivity index (χ2v) is 10.1. The number of likely N-dealkylation sites (tertiary alicyclic amines) is 1. The maximum absolute atomic E-state index is 12.2. The van der Waals surface area contributed by atoms with Crippen LogP contribution in [0.3, 0.4) is 0 Å². The number of urea groups is 1. The molecule has 0 radical (unpaired) electrons. The molecule has 5 rings (SSSR count). The van der Waals surface area contributed by atoms with Gasteiger partial charge in [0.1, 0.15) is 0 Å². The molecule has 2 aliphatic heterocycles. The third kappa shape index (κ3) is 5.01. The van der Waals surface area contributed by atoms with Crippen molar-refractivity contribution in [3.63, 3.8) is 0 Å². The van der Waals surface area contributed by atoms with E-state index in [0.29, 0.717) is 18.5 Å². The number of hydrogen-bond acceptors (Lipinski definition) is 4. The van der Waals surface area contributed by atoms with Gasteiger partial charge in [0.15, 0.2) is 0 Å². The summed E-state index contributed by atoms with van der Waals surface area (Å²) in [4.78, 5) is 19.0. The van der Waals surface area contributed by atoms with Crippen LogP contribution < -0.4 is 10.2 Å². The third-order valence-electron chi connectivity index (χ3n) is 7.70. The largest absolute Gasteiger partial charge is 0.366 e. The normalized spacial score (nSPS) is 17.9. The summed E-state index contributed by atoms with van der Waals surface area (Å²) in [7, 11) is 0. The van der Waals surface area contributed by atoms with E-state index in [4.69, 9.17) is 0 Å². The Hall–Kier alpha value is -3.06. The maximum atomic E-state index is 12.2. The molecular weight excluding hydrogens is 436 g/mol. The minimum Gasteiger partial charge on any atom is -0.366 e. The topological polar surface area (TPSA) is 56.1 Å². The molecule has 0 aliphatic carbocycles. The molecule has 0 saturated carbocycles. The summed E-state index contributed by atoms with van der Waals surface area (Å²) in [5.74, 6) is 0.665. The highest BCUT2D eigenvalue weighted by molar-refractivity contribution is 5.80. The smallest absolute Gasteiger partial charge is 0.317 e. The van der Waals surface area contributed by atoms with E-state index in [0.717, 1.165) is 31.7 Å². The first-order chi connectivity index (χ1) is 17.0. The number of nitrogens with one attached hydrogen (secondary N) is 1. The van der Waals surface area contributed by atoms with Gasteiger partial charge >= 0.3 is 6.03 Å².